The van der Waals surface area contributed by atoms with E-state index < -0.39 is 0 Å². The summed E-state index contributed by atoms with van der Waals surface area (Å²) in [4.78, 5) is 12.2. The SMILES string of the molecule is CSC1(CNC(=O)C2(C)CCNC2)CCCC1. The lowest BCUT2D eigenvalue weighted by molar-refractivity contribution is -0.129. The molecule has 2 aliphatic rings. The number of hydrogen-bond donors (Lipinski definition) is 2. The molecule has 2 N–H and O–H groups in total. The zero-order valence-electron chi connectivity index (χ0n) is 11.0. The Balaban J connectivity index is 1.87. The second-order valence-electron chi connectivity index (χ2n) is 5.76. The molecule has 1 aliphatic heterocycles. The van der Waals surface area contributed by atoms with Gasteiger partial charge in [0.15, 0.2) is 0 Å². The van der Waals surface area contributed by atoms with Crippen molar-refractivity contribution in [3.05, 3.63) is 0 Å². The third-order valence-corrected chi connectivity index (χ3v) is 5.85. The fourth-order valence-electron chi connectivity index (χ4n) is 2.94. The molecule has 1 heterocycles. The summed E-state index contributed by atoms with van der Waals surface area (Å²) in [6, 6.07) is 0. The van der Waals surface area contributed by atoms with Gasteiger partial charge in [-0.25, -0.2) is 0 Å². The van der Waals surface area contributed by atoms with Crippen molar-refractivity contribution < 1.29 is 4.79 Å². The van der Waals surface area contributed by atoms with Crippen molar-refractivity contribution in [2.24, 2.45) is 5.41 Å². The Labute approximate surface area is 108 Å². The van der Waals surface area contributed by atoms with Gasteiger partial charge >= 0.3 is 0 Å². The van der Waals surface area contributed by atoms with Gasteiger partial charge in [-0.3, -0.25) is 4.79 Å². The number of carbonyl (C=O) groups excluding carboxylic acids is 1. The molecule has 2 fully saturated rings. The third kappa shape index (κ3) is 2.79. The first-order valence-corrected chi connectivity index (χ1v) is 7.87. The minimum Gasteiger partial charge on any atom is -0.354 e. The number of thioether (sulfide) groups is 1. The minimum absolute atomic E-state index is 0.182. The molecule has 17 heavy (non-hydrogen) atoms. The minimum atomic E-state index is -0.182. The molecule has 0 aromatic rings. The molecule has 0 aromatic carbocycles. The Bertz CT molecular complexity index is 281. The zero-order valence-corrected chi connectivity index (χ0v) is 11.8. The molecule has 1 unspecified atom stereocenters. The molecule has 1 aliphatic carbocycles. The predicted octanol–water partition coefficient (Wildman–Crippen LogP) is 1.78. The quantitative estimate of drug-likeness (QED) is 0.805. The van der Waals surface area contributed by atoms with Gasteiger partial charge in [0, 0.05) is 17.8 Å². The molecule has 4 heteroatoms. The second kappa shape index (κ2) is 5.19. The Morgan fingerprint density at radius 2 is 2.06 bits per heavy atom. The van der Waals surface area contributed by atoms with E-state index in [1.165, 1.54) is 25.7 Å². The highest BCUT2D eigenvalue weighted by Crippen LogP contribution is 2.39. The molecule has 3 nitrogen and oxygen atoms in total. The number of carbonyl (C=O) groups is 1. The van der Waals surface area contributed by atoms with Crippen molar-refractivity contribution in [1.82, 2.24) is 10.6 Å². The van der Waals surface area contributed by atoms with Crippen LogP contribution in [0.1, 0.15) is 39.0 Å². The average Bonchev–Trinajstić information content (AvgIpc) is 2.96. The van der Waals surface area contributed by atoms with Gasteiger partial charge in [-0.1, -0.05) is 12.8 Å². The van der Waals surface area contributed by atoms with Crippen molar-refractivity contribution in [3.63, 3.8) is 0 Å². The van der Waals surface area contributed by atoms with Crippen LogP contribution in [0, 0.1) is 5.41 Å². The summed E-state index contributed by atoms with van der Waals surface area (Å²) in [6.07, 6.45) is 8.28. The van der Waals surface area contributed by atoms with Crippen molar-refractivity contribution in [2.75, 3.05) is 25.9 Å². The smallest absolute Gasteiger partial charge is 0.227 e. The topological polar surface area (TPSA) is 41.1 Å². The van der Waals surface area contributed by atoms with Crippen LogP contribution in [0.25, 0.3) is 0 Å². The zero-order chi connectivity index (χ0) is 12.4. The molecule has 0 spiro atoms. The van der Waals surface area contributed by atoms with Crippen molar-refractivity contribution >= 4 is 17.7 Å². The van der Waals surface area contributed by atoms with E-state index in [1.54, 1.807) is 0 Å². The predicted molar refractivity (Wildman–Crippen MR) is 73.3 cm³/mol. The fourth-order valence-corrected chi connectivity index (χ4v) is 3.85. The highest BCUT2D eigenvalue weighted by atomic mass is 32.2. The Morgan fingerprint density at radius 3 is 2.59 bits per heavy atom. The van der Waals surface area contributed by atoms with E-state index in [9.17, 15) is 4.79 Å². The molecule has 98 valence electrons. The fraction of sp³-hybridized carbons (Fsp3) is 0.923. The van der Waals surface area contributed by atoms with Gasteiger partial charge in [-0.05, 0) is 39.0 Å². The molecule has 1 saturated carbocycles. The normalized spacial score (nSPS) is 31.6. The molecular weight excluding hydrogens is 232 g/mol. The van der Waals surface area contributed by atoms with Crippen LogP contribution in [0.4, 0.5) is 0 Å². The van der Waals surface area contributed by atoms with E-state index in [0.29, 0.717) is 4.75 Å². The van der Waals surface area contributed by atoms with Gasteiger partial charge < -0.3 is 10.6 Å². The van der Waals surface area contributed by atoms with Gasteiger partial charge in [-0.2, -0.15) is 11.8 Å². The highest BCUT2D eigenvalue weighted by molar-refractivity contribution is 8.00. The van der Waals surface area contributed by atoms with Crippen molar-refractivity contribution in [1.29, 1.82) is 0 Å². The van der Waals surface area contributed by atoms with E-state index in [4.69, 9.17) is 0 Å². The lowest BCUT2D eigenvalue weighted by atomic mass is 9.88. The molecule has 1 atom stereocenters. The Morgan fingerprint density at radius 1 is 1.35 bits per heavy atom. The van der Waals surface area contributed by atoms with E-state index in [-0.39, 0.29) is 11.3 Å². The van der Waals surface area contributed by atoms with E-state index in [2.05, 4.69) is 23.8 Å². The molecule has 0 aromatic heterocycles. The molecule has 1 saturated heterocycles. The van der Waals surface area contributed by atoms with Gasteiger partial charge in [0.25, 0.3) is 0 Å². The van der Waals surface area contributed by atoms with Gasteiger partial charge in [0.2, 0.25) is 5.91 Å². The maximum Gasteiger partial charge on any atom is 0.227 e. The molecule has 0 bridgehead atoms. The first-order valence-electron chi connectivity index (χ1n) is 6.64. The Kier molecular flexibility index (Phi) is 4.03. The number of amides is 1. The maximum atomic E-state index is 12.2. The highest BCUT2D eigenvalue weighted by Gasteiger charge is 2.39. The van der Waals surface area contributed by atoms with Crippen LogP contribution in [0.3, 0.4) is 0 Å². The summed E-state index contributed by atoms with van der Waals surface area (Å²) < 4.78 is 0.318. The number of nitrogens with one attached hydrogen (secondary N) is 2. The summed E-state index contributed by atoms with van der Waals surface area (Å²) in [5.74, 6) is 0.239. The van der Waals surface area contributed by atoms with E-state index in [1.807, 2.05) is 11.8 Å². The number of rotatable bonds is 4. The summed E-state index contributed by atoms with van der Waals surface area (Å²) >= 11 is 1.93. The van der Waals surface area contributed by atoms with Crippen molar-refractivity contribution in [2.45, 2.75) is 43.8 Å². The molecule has 0 radical (unpaired) electrons. The Hall–Kier alpha value is -0.220. The van der Waals surface area contributed by atoms with E-state index in [0.717, 1.165) is 26.1 Å². The number of hydrogen-bond acceptors (Lipinski definition) is 3. The first kappa shape index (κ1) is 13.2. The molecular formula is C13H24N2OS. The standard InChI is InChI=1S/C13H24N2OS/c1-12(7-8-14-9-12)11(16)15-10-13(17-2)5-3-4-6-13/h14H,3-10H2,1-2H3,(H,15,16). The lowest BCUT2D eigenvalue weighted by Crippen LogP contribution is -2.46. The summed E-state index contributed by atoms with van der Waals surface area (Å²) in [7, 11) is 0. The molecule has 1 amide bonds. The largest absolute Gasteiger partial charge is 0.354 e. The van der Waals surface area contributed by atoms with Gasteiger partial charge in [-0.15, -0.1) is 0 Å². The second-order valence-corrected chi connectivity index (χ2v) is 7.04. The van der Waals surface area contributed by atoms with Gasteiger partial charge in [0.1, 0.15) is 0 Å². The van der Waals surface area contributed by atoms with Crippen molar-refractivity contribution in [3.8, 4) is 0 Å². The first-order chi connectivity index (χ1) is 8.10. The van der Waals surface area contributed by atoms with Crippen LogP contribution in [0.15, 0.2) is 0 Å². The van der Waals surface area contributed by atoms with Crippen LogP contribution in [0.2, 0.25) is 0 Å². The summed E-state index contributed by atoms with van der Waals surface area (Å²) in [6.45, 7) is 4.72. The van der Waals surface area contributed by atoms with Crippen LogP contribution >= 0.6 is 11.8 Å². The van der Waals surface area contributed by atoms with Crippen LogP contribution in [0.5, 0.6) is 0 Å². The van der Waals surface area contributed by atoms with Crippen LogP contribution < -0.4 is 10.6 Å². The third-order valence-electron chi connectivity index (χ3n) is 4.44. The lowest BCUT2D eigenvalue weighted by Gasteiger charge is -2.29. The van der Waals surface area contributed by atoms with Gasteiger partial charge in [0.05, 0.1) is 5.41 Å². The van der Waals surface area contributed by atoms with Crippen LogP contribution in [-0.2, 0) is 4.79 Å². The summed E-state index contributed by atoms with van der Waals surface area (Å²) in [5, 5.41) is 6.48. The summed E-state index contributed by atoms with van der Waals surface area (Å²) in [5.41, 5.74) is -0.182. The maximum absolute atomic E-state index is 12.2. The monoisotopic (exact) mass is 256 g/mol. The van der Waals surface area contributed by atoms with E-state index >= 15 is 0 Å². The molecule has 2 rings (SSSR count). The van der Waals surface area contributed by atoms with Crippen LogP contribution in [-0.4, -0.2) is 36.5 Å². The average molecular weight is 256 g/mol.